The number of carbonyl (C=O) groups excluding carboxylic acids is 1. The molecule has 0 aliphatic carbocycles. The summed E-state index contributed by atoms with van der Waals surface area (Å²) in [5.41, 5.74) is 1.53. The molecule has 2 atom stereocenters. The van der Waals surface area contributed by atoms with E-state index in [0.717, 1.165) is 35.8 Å². The van der Waals surface area contributed by atoms with Gasteiger partial charge in [-0.25, -0.2) is 4.98 Å². The Morgan fingerprint density at radius 1 is 1.50 bits per heavy atom. The summed E-state index contributed by atoms with van der Waals surface area (Å²) in [4.78, 5) is 21.9. The number of nitrogens with zero attached hydrogens (tertiary/aromatic N) is 2. The van der Waals surface area contributed by atoms with Crippen molar-refractivity contribution in [3.8, 4) is 10.7 Å². The van der Waals surface area contributed by atoms with Crippen LogP contribution in [0.1, 0.15) is 35.1 Å². The van der Waals surface area contributed by atoms with Crippen molar-refractivity contribution in [1.82, 2.24) is 15.3 Å². The summed E-state index contributed by atoms with van der Waals surface area (Å²) in [6.45, 7) is 4.63. The Kier molecular flexibility index (Phi) is 4.49. The maximum atomic E-state index is 12.5. The average molecular weight is 317 g/mol. The highest BCUT2D eigenvalue weighted by Crippen LogP contribution is 2.26. The van der Waals surface area contributed by atoms with E-state index in [9.17, 15) is 4.79 Å². The van der Waals surface area contributed by atoms with Crippen molar-refractivity contribution in [2.24, 2.45) is 0 Å². The van der Waals surface area contributed by atoms with Crippen LogP contribution in [0.3, 0.4) is 0 Å². The summed E-state index contributed by atoms with van der Waals surface area (Å²) in [6, 6.07) is 5.68. The SMILES string of the molecule is Cc1nc(-c2ccccn2)sc1C(=O)N[C@@H](C)[C@@H]1CCCO1. The number of carbonyl (C=O) groups is 1. The number of pyridine rings is 1. The highest BCUT2D eigenvalue weighted by molar-refractivity contribution is 7.17. The quantitative estimate of drug-likeness (QED) is 0.942. The van der Waals surface area contributed by atoms with Crippen molar-refractivity contribution < 1.29 is 9.53 Å². The van der Waals surface area contributed by atoms with E-state index in [1.165, 1.54) is 11.3 Å². The van der Waals surface area contributed by atoms with E-state index in [2.05, 4.69) is 15.3 Å². The molecule has 6 heteroatoms. The first-order chi connectivity index (χ1) is 10.6. The van der Waals surface area contributed by atoms with E-state index >= 15 is 0 Å². The van der Waals surface area contributed by atoms with E-state index in [1.807, 2.05) is 32.0 Å². The normalized spacial score (nSPS) is 19.1. The number of amides is 1. The molecule has 0 spiro atoms. The van der Waals surface area contributed by atoms with Crippen LogP contribution in [0.2, 0.25) is 0 Å². The summed E-state index contributed by atoms with van der Waals surface area (Å²) in [5.74, 6) is -0.0832. The molecule has 1 aliphatic rings. The fourth-order valence-corrected chi connectivity index (χ4v) is 3.51. The molecule has 5 nitrogen and oxygen atoms in total. The molecular formula is C16H19N3O2S. The van der Waals surface area contributed by atoms with E-state index in [-0.39, 0.29) is 18.1 Å². The zero-order valence-electron chi connectivity index (χ0n) is 12.7. The van der Waals surface area contributed by atoms with Crippen LogP contribution in [0.25, 0.3) is 10.7 Å². The predicted molar refractivity (Wildman–Crippen MR) is 86.0 cm³/mol. The largest absolute Gasteiger partial charge is 0.376 e. The van der Waals surface area contributed by atoms with Gasteiger partial charge < -0.3 is 10.1 Å². The lowest BCUT2D eigenvalue weighted by Crippen LogP contribution is -2.40. The van der Waals surface area contributed by atoms with Crippen LogP contribution in [0.4, 0.5) is 0 Å². The molecule has 0 saturated carbocycles. The first-order valence-corrected chi connectivity index (χ1v) is 8.28. The van der Waals surface area contributed by atoms with Crippen molar-refractivity contribution in [2.45, 2.75) is 38.8 Å². The lowest BCUT2D eigenvalue weighted by molar-refractivity contribution is 0.0714. The van der Waals surface area contributed by atoms with E-state index in [1.54, 1.807) is 6.20 Å². The van der Waals surface area contributed by atoms with Gasteiger partial charge in [0.1, 0.15) is 9.88 Å². The Hall–Kier alpha value is -1.79. The van der Waals surface area contributed by atoms with Gasteiger partial charge in [-0.15, -0.1) is 11.3 Å². The zero-order valence-corrected chi connectivity index (χ0v) is 13.5. The lowest BCUT2D eigenvalue weighted by Gasteiger charge is -2.19. The van der Waals surface area contributed by atoms with Crippen LogP contribution in [-0.4, -0.2) is 34.6 Å². The van der Waals surface area contributed by atoms with Gasteiger partial charge in [0.2, 0.25) is 0 Å². The zero-order chi connectivity index (χ0) is 15.5. The van der Waals surface area contributed by atoms with Gasteiger partial charge in [-0.05, 0) is 38.8 Å². The smallest absolute Gasteiger partial charge is 0.263 e. The molecule has 1 amide bonds. The molecular weight excluding hydrogens is 298 g/mol. The van der Waals surface area contributed by atoms with Crippen molar-refractivity contribution in [1.29, 1.82) is 0 Å². The minimum Gasteiger partial charge on any atom is -0.376 e. The Morgan fingerprint density at radius 3 is 3.05 bits per heavy atom. The Morgan fingerprint density at radius 2 is 2.36 bits per heavy atom. The van der Waals surface area contributed by atoms with Gasteiger partial charge in [0.05, 0.1) is 23.5 Å². The molecule has 2 aromatic rings. The van der Waals surface area contributed by atoms with Crippen molar-refractivity contribution in [3.63, 3.8) is 0 Å². The molecule has 0 bridgehead atoms. The van der Waals surface area contributed by atoms with Gasteiger partial charge in [-0.3, -0.25) is 9.78 Å². The fourth-order valence-electron chi connectivity index (χ4n) is 2.57. The third-order valence-corrected chi connectivity index (χ3v) is 4.95. The third kappa shape index (κ3) is 3.18. The first-order valence-electron chi connectivity index (χ1n) is 7.46. The van der Waals surface area contributed by atoms with Gasteiger partial charge >= 0.3 is 0 Å². The summed E-state index contributed by atoms with van der Waals surface area (Å²) in [7, 11) is 0. The van der Waals surface area contributed by atoms with Gasteiger partial charge in [0, 0.05) is 12.8 Å². The highest BCUT2D eigenvalue weighted by atomic mass is 32.1. The van der Waals surface area contributed by atoms with Crippen LogP contribution in [0, 0.1) is 6.92 Å². The summed E-state index contributed by atoms with van der Waals surface area (Å²) in [5, 5.41) is 3.80. The van der Waals surface area contributed by atoms with Crippen LogP contribution in [-0.2, 0) is 4.74 Å². The Labute approximate surface area is 133 Å². The Bertz CT molecular complexity index is 651. The number of nitrogens with one attached hydrogen (secondary N) is 1. The van der Waals surface area contributed by atoms with Crippen molar-refractivity contribution in [2.75, 3.05) is 6.61 Å². The second kappa shape index (κ2) is 6.54. The maximum Gasteiger partial charge on any atom is 0.263 e. The number of hydrogen-bond donors (Lipinski definition) is 1. The molecule has 1 saturated heterocycles. The predicted octanol–water partition coefficient (Wildman–Crippen LogP) is 2.81. The van der Waals surface area contributed by atoms with Crippen molar-refractivity contribution in [3.05, 3.63) is 35.0 Å². The Balaban J connectivity index is 1.74. The summed E-state index contributed by atoms with van der Waals surface area (Å²) in [6.07, 6.45) is 3.91. The van der Waals surface area contributed by atoms with Crippen molar-refractivity contribution >= 4 is 17.2 Å². The van der Waals surface area contributed by atoms with E-state index in [0.29, 0.717) is 4.88 Å². The number of ether oxygens (including phenoxy) is 1. The van der Waals surface area contributed by atoms with Gasteiger partial charge in [-0.2, -0.15) is 0 Å². The maximum absolute atomic E-state index is 12.5. The number of aryl methyl sites for hydroxylation is 1. The summed E-state index contributed by atoms with van der Waals surface area (Å²) >= 11 is 1.38. The fraction of sp³-hybridized carbons (Fsp3) is 0.438. The number of rotatable bonds is 4. The monoisotopic (exact) mass is 317 g/mol. The molecule has 0 unspecified atom stereocenters. The minimum absolute atomic E-state index is 0.00907. The van der Waals surface area contributed by atoms with Crippen LogP contribution in [0.5, 0.6) is 0 Å². The molecule has 2 aromatic heterocycles. The van der Waals surface area contributed by atoms with Crippen LogP contribution < -0.4 is 5.32 Å². The molecule has 1 aliphatic heterocycles. The first kappa shape index (κ1) is 15.1. The molecule has 3 rings (SSSR count). The molecule has 1 fully saturated rings. The van der Waals surface area contributed by atoms with Crippen LogP contribution >= 0.6 is 11.3 Å². The van der Waals surface area contributed by atoms with E-state index < -0.39 is 0 Å². The summed E-state index contributed by atoms with van der Waals surface area (Å²) < 4.78 is 5.62. The number of thiazole rings is 1. The van der Waals surface area contributed by atoms with E-state index in [4.69, 9.17) is 4.74 Å². The topological polar surface area (TPSA) is 64.1 Å². The third-order valence-electron chi connectivity index (χ3n) is 3.77. The second-order valence-corrected chi connectivity index (χ2v) is 6.46. The average Bonchev–Trinajstić information content (AvgIpc) is 3.17. The molecule has 116 valence electrons. The second-order valence-electron chi connectivity index (χ2n) is 5.46. The molecule has 0 radical (unpaired) electrons. The number of aromatic nitrogens is 2. The minimum atomic E-state index is -0.0832. The van der Waals surface area contributed by atoms with Crippen LogP contribution in [0.15, 0.2) is 24.4 Å². The highest BCUT2D eigenvalue weighted by Gasteiger charge is 2.25. The number of hydrogen-bond acceptors (Lipinski definition) is 5. The molecule has 1 N–H and O–H groups in total. The molecule has 0 aromatic carbocycles. The van der Waals surface area contributed by atoms with Gasteiger partial charge in [0.25, 0.3) is 5.91 Å². The van der Waals surface area contributed by atoms with Gasteiger partial charge in [0.15, 0.2) is 0 Å². The van der Waals surface area contributed by atoms with Gasteiger partial charge in [-0.1, -0.05) is 6.07 Å². The standard InChI is InChI=1S/C16H19N3O2S/c1-10(13-7-5-9-21-13)18-15(20)14-11(2)19-16(22-14)12-6-3-4-8-17-12/h3-4,6,8,10,13H,5,7,9H2,1-2H3,(H,18,20)/t10-,13-/m0/s1. The molecule has 22 heavy (non-hydrogen) atoms. The molecule has 3 heterocycles. The lowest BCUT2D eigenvalue weighted by atomic mass is 10.1.